The number of nitrogens with zero attached hydrogens (tertiary/aromatic N) is 1. The van der Waals surface area contributed by atoms with E-state index in [4.69, 9.17) is 8.83 Å². The number of piperidine rings is 1. The van der Waals surface area contributed by atoms with Crippen molar-refractivity contribution in [3.63, 3.8) is 0 Å². The number of furan rings is 1. The predicted octanol–water partition coefficient (Wildman–Crippen LogP) is 4.03. The maximum absolute atomic E-state index is 12.7. The van der Waals surface area contributed by atoms with E-state index in [2.05, 4.69) is 0 Å². The summed E-state index contributed by atoms with van der Waals surface area (Å²) >= 11 is 0. The zero-order valence-electron chi connectivity index (χ0n) is 18.3. The second-order valence-corrected chi connectivity index (χ2v) is 8.55. The number of aliphatic carboxylic acids is 1. The van der Waals surface area contributed by atoms with E-state index >= 15 is 0 Å². The van der Waals surface area contributed by atoms with Crippen molar-refractivity contribution in [2.75, 3.05) is 13.1 Å². The number of carbonyl (C=O) groups is 2. The summed E-state index contributed by atoms with van der Waals surface area (Å²) in [5.41, 5.74) is 3.95. The summed E-state index contributed by atoms with van der Waals surface area (Å²) in [6.07, 6.45) is 1.68. The van der Waals surface area contributed by atoms with Crippen LogP contribution in [0.25, 0.3) is 21.9 Å². The van der Waals surface area contributed by atoms with Gasteiger partial charge in [-0.3, -0.25) is 9.59 Å². The number of hydrogen-bond acceptors (Lipinski definition) is 5. The van der Waals surface area contributed by atoms with Gasteiger partial charge in [-0.25, -0.2) is 4.79 Å². The summed E-state index contributed by atoms with van der Waals surface area (Å²) in [5, 5.41) is 11.1. The Morgan fingerprint density at radius 3 is 2.45 bits per heavy atom. The van der Waals surface area contributed by atoms with E-state index in [1.54, 1.807) is 4.90 Å². The molecule has 0 spiro atoms. The van der Waals surface area contributed by atoms with Crippen molar-refractivity contribution >= 4 is 33.8 Å². The molecule has 1 aliphatic rings. The maximum Gasteiger partial charge on any atom is 0.339 e. The SMILES string of the molecule is Cc1oc2c(C)c3oc(=O)c(CCC(=O)N4CCC[C@H](C(=O)O)C4)c(C)c3cc2c1C. The average molecular weight is 425 g/mol. The lowest BCUT2D eigenvalue weighted by Gasteiger charge is -2.30. The predicted molar refractivity (Wildman–Crippen MR) is 116 cm³/mol. The van der Waals surface area contributed by atoms with Gasteiger partial charge in [0, 0.05) is 41.4 Å². The highest BCUT2D eigenvalue weighted by Crippen LogP contribution is 2.34. The summed E-state index contributed by atoms with van der Waals surface area (Å²) in [6.45, 7) is 8.47. The van der Waals surface area contributed by atoms with Crippen LogP contribution >= 0.6 is 0 Å². The van der Waals surface area contributed by atoms with Gasteiger partial charge in [-0.1, -0.05) is 0 Å². The molecule has 7 heteroatoms. The summed E-state index contributed by atoms with van der Waals surface area (Å²) in [6, 6.07) is 2.00. The lowest BCUT2D eigenvalue weighted by Crippen LogP contribution is -2.42. The van der Waals surface area contributed by atoms with Crippen LogP contribution in [0, 0.1) is 33.6 Å². The second-order valence-electron chi connectivity index (χ2n) is 8.55. The Balaban J connectivity index is 1.64. The molecule has 0 saturated carbocycles. The number of rotatable bonds is 4. The number of aryl methyl sites for hydroxylation is 4. The smallest absolute Gasteiger partial charge is 0.339 e. The van der Waals surface area contributed by atoms with Gasteiger partial charge in [0.25, 0.3) is 0 Å². The Bertz CT molecular complexity index is 1270. The van der Waals surface area contributed by atoms with Crippen molar-refractivity contribution in [1.82, 2.24) is 4.90 Å². The molecule has 0 bridgehead atoms. The normalized spacial score (nSPS) is 16.9. The van der Waals surface area contributed by atoms with Crippen LogP contribution in [0.5, 0.6) is 0 Å². The summed E-state index contributed by atoms with van der Waals surface area (Å²) in [7, 11) is 0. The average Bonchev–Trinajstić information content (AvgIpc) is 3.03. The molecule has 1 N–H and O–H groups in total. The molecule has 1 atom stereocenters. The lowest BCUT2D eigenvalue weighted by molar-refractivity contribution is -0.145. The van der Waals surface area contributed by atoms with Gasteiger partial charge in [0.05, 0.1) is 5.92 Å². The van der Waals surface area contributed by atoms with Crippen LogP contribution in [0.2, 0.25) is 0 Å². The minimum absolute atomic E-state index is 0.127. The first-order chi connectivity index (χ1) is 14.7. The summed E-state index contributed by atoms with van der Waals surface area (Å²) < 4.78 is 11.5. The molecule has 2 aromatic heterocycles. The van der Waals surface area contributed by atoms with Crippen molar-refractivity contribution in [2.45, 2.75) is 53.4 Å². The Labute approximate surface area is 179 Å². The van der Waals surface area contributed by atoms with Gasteiger partial charge in [0.2, 0.25) is 5.91 Å². The number of benzene rings is 1. The molecule has 1 fully saturated rings. The minimum atomic E-state index is -0.866. The van der Waals surface area contributed by atoms with Gasteiger partial charge >= 0.3 is 11.6 Å². The lowest BCUT2D eigenvalue weighted by atomic mass is 9.96. The van der Waals surface area contributed by atoms with Crippen LogP contribution in [0.3, 0.4) is 0 Å². The van der Waals surface area contributed by atoms with E-state index in [1.165, 1.54) is 0 Å². The number of carboxylic acids is 1. The fraction of sp³-hybridized carbons (Fsp3) is 0.458. The van der Waals surface area contributed by atoms with E-state index in [0.717, 1.165) is 38.8 Å². The standard InChI is InChI=1S/C24H27NO6/c1-12-15(4)30-21-14(3)22-19(10-18(12)21)13(2)17(24(29)31-22)7-8-20(26)25-9-5-6-16(11-25)23(27)28/h10,16H,5-9,11H2,1-4H3,(H,27,28)/t16-/m0/s1. The van der Waals surface area contributed by atoms with Crippen molar-refractivity contribution in [3.8, 4) is 0 Å². The molecule has 0 aliphatic carbocycles. The molecule has 3 heterocycles. The highest BCUT2D eigenvalue weighted by Gasteiger charge is 2.28. The molecule has 7 nitrogen and oxygen atoms in total. The highest BCUT2D eigenvalue weighted by atomic mass is 16.4. The number of fused-ring (bicyclic) bond motifs is 2. The molecular formula is C24H27NO6. The Morgan fingerprint density at radius 2 is 1.74 bits per heavy atom. The van der Waals surface area contributed by atoms with E-state index in [9.17, 15) is 19.5 Å². The summed E-state index contributed by atoms with van der Waals surface area (Å²) in [5.74, 6) is -0.676. The Morgan fingerprint density at radius 1 is 1.06 bits per heavy atom. The fourth-order valence-corrected chi connectivity index (χ4v) is 4.58. The van der Waals surface area contributed by atoms with Crippen molar-refractivity contribution < 1.29 is 23.5 Å². The van der Waals surface area contributed by atoms with Crippen LogP contribution < -0.4 is 5.63 Å². The largest absolute Gasteiger partial charge is 0.481 e. The molecule has 0 radical (unpaired) electrons. The maximum atomic E-state index is 12.7. The molecule has 1 aliphatic heterocycles. The van der Waals surface area contributed by atoms with Crippen LogP contribution in [0.1, 0.15) is 47.3 Å². The first kappa shape index (κ1) is 21.2. The molecular weight excluding hydrogens is 398 g/mol. The quantitative estimate of drug-likeness (QED) is 0.634. The Hall–Kier alpha value is -3.09. The molecule has 4 rings (SSSR count). The Kier molecular flexibility index (Phi) is 5.37. The third-order valence-electron chi connectivity index (χ3n) is 6.66. The highest BCUT2D eigenvalue weighted by molar-refractivity contribution is 6.00. The first-order valence-electron chi connectivity index (χ1n) is 10.6. The third kappa shape index (κ3) is 3.62. The third-order valence-corrected chi connectivity index (χ3v) is 6.66. The van der Waals surface area contributed by atoms with Gasteiger partial charge in [0.1, 0.15) is 16.9 Å². The number of hydrogen-bond donors (Lipinski definition) is 1. The van der Waals surface area contributed by atoms with E-state index in [0.29, 0.717) is 30.5 Å². The van der Waals surface area contributed by atoms with Gasteiger partial charge in [0.15, 0.2) is 0 Å². The van der Waals surface area contributed by atoms with Crippen molar-refractivity contribution in [2.24, 2.45) is 5.92 Å². The molecule has 3 aromatic rings. The van der Waals surface area contributed by atoms with Crippen LogP contribution in [0.4, 0.5) is 0 Å². The molecule has 0 unspecified atom stereocenters. The molecule has 164 valence electrons. The van der Waals surface area contributed by atoms with E-state index in [1.807, 2.05) is 33.8 Å². The second kappa shape index (κ2) is 7.87. The zero-order valence-corrected chi connectivity index (χ0v) is 18.3. The number of likely N-dealkylation sites (tertiary alicyclic amines) is 1. The van der Waals surface area contributed by atoms with Gasteiger partial charge in [-0.15, -0.1) is 0 Å². The minimum Gasteiger partial charge on any atom is -0.481 e. The number of amides is 1. The van der Waals surface area contributed by atoms with Gasteiger partial charge in [-0.2, -0.15) is 0 Å². The van der Waals surface area contributed by atoms with Crippen LogP contribution in [-0.2, 0) is 16.0 Å². The van der Waals surface area contributed by atoms with E-state index in [-0.39, 0.29) is 25.3 Å². The molecule has 1 saturated heterocycles. The van der Waals surface area contributed by atoms with Gasteiger partial charge in [-0.05, 0) is 64.2 Å². The molecule has 31 heavy (non-hydrogen) atoms. The van der Waals surface area contributed by atoms with Crippen molar-refractivity contribution in [1.29, 1.82) is 0 Å². The monoisotopic (exact) mass is 425 g/mol. The molecule has 1 amide bonds. The topological polar surface area (TPSA) is 101 Å². The first-order valence-corrected chi connectivity index (χ1v) is 10.6. The van der Waals surface area contributed by atoms with Crippen LogP contribution in [0.15, 0.2) is 19.7 Å². The number of carboxylic acid groups (broad SMARTS) is 1. The van der Waals surface area contributed by atoms with E-state index < -0.39 is 17.5 Å². The van der Waals surface area contributed by atoms with Crippen molar-refractivity contribution in [3.05, 3.63) is 44.5 Å². The van der Waals surface area contributed by atoms with Crippen LogP contribution in [-0.4, -0.2) is 35.0 Å². The number of carbonyl (C=O) groups excluding carboxylic acids is 1. The molecule has 1 aromatic carbocycles. The van der Waals surface area contributed by atoms with Gasteiger partial charge < -0.3 is 18.8 Å². The fourth-order valence-electron chi connectivity index (χ4n) is 4.58. The summed E-state index contributed by atoms with van der Waals surface area (Å²) in [4.78, 5) is 38.3. The zero-order chi connectivity index (χ0) is 22.4.